The fourth-order valence-electron chi connectivity index (χ4n) is 4.03. The van der Waals surface area contributed by atoms with Crippen molar-refractivity contribution in [3.63, 3.8) is 0 Å². The summed E-state index contributed by atoms with van der Waals surface area (Å²) in [5, 5.41) is 5.33. The van der Waals surface area contributed by atoms with Crippen LogP contribution in [0.3, 0.4) is 0 Å². The van der Waals surface area contributed by atoms with Crippen molar-refractivity contribution in [2.75, 3.05) is 5.73 Å². The highest BCUT2D eigenvalue weighted by atomic mass is 16.2. The van der Waals surface area contributed by atoms with E-state index in [4.69, 9.17) is 5.73 Å². The zero-order valence-electron chi connectivity index (χ0n) is 16.9. The zero-order chi connectivity index (χ0) is 21.5. The van der Waals surface area contributed by atoms with Crippen molar-refractivity contribution in [3.8, 4) is 11.1 Å². The molecule has 31 heavy (non-hydrogen) atoms. The monoisotopic (exact) mass is 408 g/mol. The van der Waals surface area contributed by atoms with Gasteiger partial charge in [-0.2, -0.15) is 5.10 Å². The van der Waals surface area contributed by atoms with Crippen LogP contribution in [0.25, 0.3) is 28.1 Å². The quantitative estimate of drug-likeness (QED) is 0.410. The number of aromatic nitrogens is 2. The Bertz CT molecular complexity index is 1370. The summed E-state index contributed by atoms with van der Waals surface area (Å²) >= 11 is 0. The molecule has 0 atom stereocenters. The molecule has 0 bridgehead atoms. The number of carbonyl (C=O) groups is 2. The molecule has 0 unspecified atom stereocenters. The summed E-state index contributed by atoms with van der Waals surface area (Å²) < 4.78 is 1.81. The number of nitrogen functional groups attached to an aromatic ring is 1. The summed E-state index contributed by atoms with van der Waals surface area (Å²) in [7, 11) is 1.89. The highest BCUT2D eigenvalue weighted by molar-refractivity contribution is 6.15. The molecule has 2 amide bonds. The number of hydrogen-bond acceptors (Lipinski definition) is 4. The molecule has 2 heterocycles. The van der Waals surface area contributed by atoms with E-state index in [9.17, 15) is 9.59 Å². The number of amides is 2. The maximum absolute atomic E-state index is 13.1. The molecular formula is C25H20N4O2. The highest BCUT2D eigenvalue weighted by Gasteiger charge is 2.34. The Hall–Kier alpha value is -4.19. The van der Waals surface area contributed by atoms with E-state index in [1.807, 2.05) is 72.5 Å². The average molecular weight is 408 g/mol. The minimum atomic E-state index is -0.363. The Labute approximate surface area is 179 Å². The third-order valence-corrected chi connectivity index (χ3v) is 5.66. The van der Waals surface area contributed by atoms with Gasteiger partial charge in [-0.15, -0.1) is 0 Å². The van der Waals surface area contributed by atoms with E-state index in [2.05, 4.69) is 5.10 Å². The van der Waals surface area contributed by atoms with Crippen LogP contribution in [0.4, 0.5) is 5.69 Å². The first kappa shape index (κ1) is 18.8. The fourth-order valence-corrected chi connectivity index (χ4v) is 4.03. The van der Waals surface area contributed by atoms with Gasteiger partial charge in [-0.05, 0) is 40.5 Å². The first-order chi connectivity index (χ1) is 15.0. The number of carbonyl (C=O) groups excluding carboxylic acids is 2. The van der Waals surface area contributed by atoms with Crippen LogP contribution in [-0.4, -0.2) is 26.5 Å². The van der Waals surface area contributed by atoms with Crippen LogP contribution in [0.1, 0.15) is 21.5 Å². The molecule has 6 heteroatoms. The summed E-state index contributed by atoms with van der Waals surface area (Å²) in [6.45, 7) is 0.190. The predicted octanol–water partition coefficient (Wildman–Crippen LogP) is 4.02. The number of aryl methyl sites for hydroxylation is 1. The molecule has 1 aromatic heterocycles. The Morgan fingerprint density at radius 2 is 1.90 bits per heavy atom. The number of imide groups is 1. The number of fused-ring (bicyclic) bond motifs is 2. The lowest BCUT2D eigenvalue weighted by Gasteiger charge is -2.11. The Balaban J connectivity index is 1.52. The number of hydrogen-bond donors (Lipinski definition) is 1. The van der Waals surface area contributed by atoms with E-state index < -0.39 is 0 Å². The molecule has 5 rings (SSSR count). The molecule has 0 spiro atoms. The maximum Gasteiger partial charge on any atom is 0.263 e. The topological polar surface area (TPSA) is 81.2 Å². The van der Waals surface area contributed by atoms with Crippen molar-refractivity contribution in [3.05, 3.63) is 89.6 Å². The van der Waals surface area contributed by atoms with Crippen molar-refractivity contribution in [2.45, 2.75) is 6.54 Å². The minimum absolute atomic E-state index is 0.190. The second kappa shape index (κ2) is 7.25. The summed E-state index contributed by atoms with van der Waals surface area (Å²) in [6.07, 6.45) is 4.95. The van der Waals surface area contributed by atoms with E-state index in [1.54, 1.807) is 12.1 Å². The molecule has 4 aromatic rings. The molecule has 0 saturated carbocycles. The van der Waals surface area contributed by atoms with Gasteiger partial charge in [0.25, 0.3) is 11.8 Å². The van der Waals surface area contributed by atoms with E-state index >= 15 is 0 Å². The van der Waals surface area contributed by atoms with Gasteiger partial charge in [-0.3, -0.25) is 19.2 Å². The van der Waals surface area contributed by atoms with E-state index in [0.29, 0.717) is 11.3 Å². The lowest BCUT2D eigenvalue weighted by molar-refractivity contribution is -0.123. The second-order valence-corrected chi connectivity index (χ2v) is 7.57. The second-order valence-electron chi connectivity index (χ2n) is 7.57. The average Bonchev–Trinajstić information content (AvgIpc) is 3.33. The van der Waals surface area contributed by atoms with Gasteiger partial charge in [0.05, 0.1) is 23.8 Å². The number of anilines is 1. The smallest absolute Gasteiger partial charge is 0.263 e. The zero-order valence-corrected chi connectivity index (χ0v) is 16.9. The number of rotatable bonds is 3. The third kappa shape index (κ3) is 3.18. The molecule has 2 N–H and O–H groups in total. The molecule has 0 aliphatic carbocycles. The van der Waals surface area contributed by atoms with Crippen LogP contribution in [-0.2, 0) is 18.4 Å². The van der Waals surface area contributed by atoms with Gasteiger partial charge in [0, 0.05) is 24.2 Å². The number of nitrogens with zero attached hydrogens (tertiary/aromatic N) is 3. The van der Waals surface area contributed by atoms with Gasteiger partial charge in [-0.25, -0.2) is 0 Å². The molecule has 1 aliphatic heterocycles. The first-order valence-electron chi connectivity index (χ1n) is 9.95. The van der Waals surface area contributed by atoms with Crippen LogP contribution in [0.15, 0.2) is 72.9 Å². The van der Waals surface area contributed by atoms with Crippen LogP contribution in [0.5, 0.6) is 0 Å². The van der Waals surface area contributed by atoms with Gasteiger partial charge in [-0.1, -0.05) is 48.5 Å². The molecule has 0 radical (unpaired) electrons. The number of benzene rings is 3. The van der Waals surface area contributed by atoms with Crippen molar-refractivity contribution >= 4 is 34.5 Å². The lowest BCUT2D eigenvalue weighted by atomic mass is 9.95. The van der Waals surface area contributed by atoms with Crippen molar-refractivity contribution in [2.24, 2.45) is 7.05 Å². The molecule has 3 aromatic carbocycles. The molecule has 0 saturated heterocycles. The van der Waals surface area contributed by atoms with Gasteiger partial charge >= 0.3 is 0 Å². The minimum Gasteiger partial charge on any atom is -0.398 e. The normalized spacial score (nSPS) is 13.3. The molecule has 1 aliphatic rings. The Morgan fingerprint density at radius 1 is 1.10 bits per heavy atom. The highest BCUT2D eigenvalue weighted by Crippen LogP contribution is 2.37. The first-order valence-corrected chi connectivity index (χ1v) is 9.95. The van der Waals surface area contributed by atoms with Crippen molar-refractivity contribution in [1.29, 1.82) is 0 Å². The summed E-state index contributed by atoms with van der Waals surface area (Å²) in [4.78, 5) is 27.1. The number of nitrogens with two attached hydrogens (primary N) is 1. The largest absolute Gasteiger partial charge is 0.398 e. The molecule has 152 valence electrons. The van der Waals surface area contributed by atoms with Crippen LogP contribution < -0.4 is 5.73 Å². The predicted molar refractivity (Wildman–Crippen MR) is 121 cm³/mol. The maximum atomic E-state index is 13.1. The van der Waals surface area contributed by atoms with E-state index in [-0.39, 0.29) is 18.4 Å². The summed E-state index contributed by atoms with van der Waals surface area (Å²) in [6, 6.07) is 19.2. The summed E-state index contributed by atoms with van der Waals surface area (Å²) in [5.74, 6) is -0.726. The van der Waals surface area contributed by atoms with Crippen LogP contribution in [0.2, 0.25) is 0 Å². The van der Waals surface area contributed by atoms with Gasteiger partial charge < -0.3 is 5.73 Å². The van der Waals surface area contributed by atoms with E-state index in [1.165, 1.54) is 11.0 Å². The molecule has 0 fully saturated rings. The fraction of sp³-hybridized carbons (Fsp3) is 0.0800. The van der Waals surface area contributed by atoms with Gasteiger partial charge in [0.2, 0.25) is 0 Å². The standard InChI is InChI=1S/C25H20N4O2/c1-28-22-13-17(8-9-18(22)14-27-28)19-10-11-21(26)24-20(19)15-29(25(24)31)23(30)12-7-16-5-3-2-4-6-16/h2-14H,15,26H2,1H3/b12-7+. The Morgan fingerprint density at radius 3 is 2.71 bits per heavy atom. The van der Waals surface area contributed by atoms with Gasteiger partial charge in [0.1, 0.15) is 0 Å². The van der Waals surface area contributed by atoms with Crippen molar-refractivity contribution in [1.82, 2.24) is 14.7 Å². The summed E-state index contributed by atoms with van der Waals surface area (Å²) in [5.41, 5.74) is 11.4. The SMILES string of the molecule is Cn1ncc2ccc(-c3ccc(N)c4c3CN(C(=O)/C=C/c3ccccc3)C4=O)cc21. The van der Waals surface area contributed by atoms with Gasteiger partial charge in [0.15, 0.2) is 0 Å². The lowest BCUT2D eigenvalue weighted by Crippen LogP contribution is -2.29. The molecular weight excluding hydrogens is 388 g/mol. The van der Waals surface area contributed by atoms with Crippen LogP contribution in [0, 0.1) is 0 Å². The van der Waals surface area contributed by atoms with Crippen molar-refractivity contribution < 1.29 is 9.59 Å². The van der Waals surface area contributed by atoms with Crippen LogP contribution >= 0.6 is 0 Å². The third-order valence-electron chi connectivity index (χ3n) is 5.66. The Kier molecular flexibility index (Phi) is 4.40. The van der Waals surface area contributed by atoms with E-state index in [0.717, 1.165) is 33.2 Å². The molecule has 6 nitrogen and oxygen atoms in total.